The summed E-state index contributed by atoms with van der Waals surface area (Å²) in [5, 5.41) is -0.258. The predicted octanol–water partition coefficient (Wildman–Crippen LogP) is 5.54. The summed E-state index contributed by atoms with van der Waals surface area (Å²) in [6, 6.07) is 9.16. The van der Waals surface area contributed by atoms with E-state index in [1.165, 1.54) is 10.9 Å². The van der Waals surface area contributed by atoms with Crippen LogP contribution >= 0.6 is 38.9 Å². The summed E-state index contributed by atoms with van der Waals surface area (Å²) in [6.07, 6.45) is 0.870. The van der Waals surface area contributed by atoms with Gasteiger partial charge in [0.15, 0.2) is 5.82 Å². The Morgan fingerprint density at radius 2 is 2.19 bits per heavy atom. The number of aryl methyl sites for hydroxylation is 2. The molecule has 2 nitrogen and oxygen atoms in total. The molecule has 0 spiro atoms. The van der Waals surface area contributed by atoms with Gasteiger partial charge in [-0.15, -0.1) is 22.9 Å². The lowest BCUT2D eigenvalue weighted by Crippen LogP contribution is -2.06. The molecule has 3 rings (SSSR count). The first-order valence-electron chi connectivity index (χ1n) is 6.59. The number of benzene rings is 1. The predicted molar refractivity (Wildman–Crippen MR) is 89.7 cm³/mol. The highest BCUT2D eigenvalue weighted by molar-refractivity contribution is 9.11. The summed E-state index contributed by atoms with van der Waals surface area (Å²) in [5.74, 6) is 0.413. The molecule has 0 radical (unpaired) electrons. The van der Waals surface area contributed by atoms with Crippen LogP contribution in [0.15, 0.2) is 34.1 Å². The lowest BCUT2D eigenvalue weighted by atomic mass is 10.3. The molecule has 0 aliphatic carbocycles. The van der Waals surface area contributed by atoms with Gasteiger partial charge in [0.2, 0.25) is 0 Å². The minimum Gasteiger partial charge on any atom is -0.326 e. The van der Waals surface area contributed by atoms with Gasteiger partial charge >= 0.3 is 0 Å². The van der Waals surface area contributed by atoms with Crippen LogP contribution in [0.2, 0.25) is 0 Å². The van der Waals surface area contributed by atoms with Crippen LogP contribution in [0, 0.1) is 5.82 Å². The molecule has 1 aromatic carbocycles. The number of halogens is 3. The standard InChI is InChI=1S/C15H13BrClFN2S/c1-9(17)15-19-14-11(18)3-2-4-12(14)20(15)8-7-10-5-6-13(16)21-10/h2-6,9H,7-8H2,1H3. The Balaban J connectivity index is 1.99. The second-order valence-electron chi connectivity index (χ2n) is 4.80. The summed E-state index contributed by atoms with van der Waals surface area (Å²) in [4.78, 5) is 5.65. The molecule has 1 unspecified atom stereocenters. The van der Waals surface area contributed by atoms with Gasteiger partial charge in [-0.3, -0.25) is 0 Å². The maximum atomic E-state index is 13.9. The van der Waals surface area contributed by atoms with Crippen LogP contribution in [0.4, 0.5) is 4.39 Å². The average molecular weight is 388 g/mol. The number of para-hydroxylation sites is 1. The molecule has 110 valence electrons. The van der Waals surface area contributed by atoms with Crippen molar-refractivity contribution in [2.75, 3.05) is 0 Å². The van der Waals surface area contributed by atoms with Crippen LogP contribution in [-0.2, 0) is 13.0 Å². The third-order valence-electron chi connectivity index (χ3n) is 3.33. The maximum absolute atomic E-state index is 13.9. The van der Waals surface area contributed by atoms with Crippen LogP contribution < -0.4 is 0 Å². The molecule has 6 heteroatoms. The van der Waals surface area contributed by atoms with Crippen LogP contribution in [0.3, 0.4) is 0 Å². The van der Waals surface area contributed by atoms with Crippen molar-refractivity contribution in [2.45, 2.75) is 25.3 Å². The molecule has 0 aliphatic rings. The number of rotatable bonds is 4. The van der Waals surface area contributed by atoms with Gasteiger partial charge in [-0.25, -0.2) is 9.37 Å². The summed E-state index contributed by atoms with van der Waals surface area (Å²) in [6.45, 7) is 2.60. The maximum Gasteiger partial charge on any atom is 0.151 e. The van der Waals surface area contributed by atoms with Crippen LogP contribution in [0.25, 0.3) is 11.0 Å². The Bertz CT molecular complexity index is 781. The fraction of sp³-hybridized carbons (Fsp3) is 0.267. The van der Waals surface area contributed by atoms with E-state index in [4.69, 9.17) is 11.6 Å². The molecule has 1 atom stereocenters. The zero-order chi connectivity index (χ0) is 15.0. The molecule has 0 saturated carbocycles. The van der Waals surface area contributed by atoms with E-state index in [2.05, 4.69) is 27.0 Å². The topological polar surface area (TPSA) is 17.8 Å². The summed E-state index contributed by atoms with van der Waals surface area (Å²) < 4.78 is 17.0. The van der Waals surface area contributed by atoms with Gasteiger partial charge in [0.1, 0.15) is 11.3 Å². The van der Waals surface area contributed by atoms with Gasteiger partial charge in [0.05, 0.1) is 14.7 Å². The monoisotopic (exact) mass is 386 g/mol. The number of hydrogen-bond donors (Lipinski definition) is 0. The highest BCUT2D eigenvalue weighted by Gasteiger charge is 2.17. The molecule has 21 heavy (non-hydrogen) atoms. The van der Waals surface area contributed by atoms with Crippen molar-refractivity contribution < 1.29 is 4.39 Å². The van der Waals surface area contributed by atoms with Gasteiger partial charge in [0, 0.05) is 11.4 Å². The van der Waals surface area contributed by atoms with Gasteiger partial charge in [0.25, 0.3) is 0 Å². The zero-order valence-electron chi connectivity index (χ0n) is 11.3. The highest BCUT2D eigenvalue weighted by atomic mass is 79.9. The van der Waals surface area contributed by atoms with Gasteiger partial charge < -0.3 is 4.57 Å². The van der Waals surface area contributed by atoms with Crippen molar-refractivity contribution in [1.29, 1.82) is 0 Å². The van der Waals surface area contributed by atoms with Crippen molar-refractivity contribution >= 4 is 49.9 Å². The molecule has 2 heterocycles. The first kappa shape index (κ1) is 15.0. The summed E-state index contributed by atoms with van der Waals surface area (Å²) in [7, 11) is 0. The Morgan fingerprint density at radius 1 is 1.38 bits per heavy atom. The first-order chi connectivity index (χ1) is 10.1. The van der Waals surface area contributed by atoms with E-state index in [0.717, 1.165) is 22.3 Å². The SMILES string of the molecule is CC(Cl)c1nc2c(F)cccc2n1CCc1ccc(Br)s1. The molecular formula is C15H13BrClFN2S. The molecule has 0 amide bonds. The Hall–Kier alpha value is -0.910. The van der Waals surface area contributed by atoms with E-state index in [1.54, 1.807) is 17.4 Å². The Kier molecular flexibility index (Phi) is 4.33. The Labute approximate surface area is 139 Å². The minimum atomic E-state index is -0.302. The van der Waals surface area contributed by atoms with Crippen molar-refractivity contribution in [3.05, 3.63) is 50.6 Å². The number of thiophene rings is 1. The molecular weight excluding hydrogens is 375 g/mol. The quantitative estimate of drug-likeness (QED) is 0.537. The second-order valence-corrected chi connectivity index (χ2v) is 8.00. The molecule has 2 aromatic heterocycles. The van der Waals surface area contributed by atoms with Gasteiger partial charge in [-0.1, -0.05) is 6.07 Å². The fourth-order valence-electron chi connectivity index (χ4n) is 2.38. The van der Waals surface area contributed by atoms with Crippen LogP contribution in [0.5, 0.6) is 0 Å². The molecule has 0 N–H and O–H groups in total. The van der Waals surface area contributed by atoms with E-state index >= 15 is 0 Å². The highest BCUT2D eigenvalue weighted by Crippen LogP contribution is 2.28. The molecule has 0 aliphatic heterocycles. The van der Waals surface area contributed by atoms with E-state index in [9.17, 15) is 4.39 Å². The van der Waals surface area contributed by atoms with Gasteiger partial charge in [-0.2, -0.15) is 0 Å². The van der Waals surface area contributed by atoms with E-state index in [-0.39, 0.29) is 11.2 Å². The van der Waals surface area contributed by atoms with E-state index in [0.29, 0.717) is 11.3 Å². The number of imidazole rings is 1. The van der Waals surface area contributed by atoms with Crippen molar-refractivity contribution in [3.8, 4) is 0 Å². The minimum absolute atomic E-state index is 0.258. The fourth-order valence-corrected chi connectivity index (χ4v) is 4.02. The number of fused-ring (bicyclic) bond motifs is 1. The largest absolute Gasteiger partial charge is 0.326 e. The number of aromatic nitrogens is 2. The molecule has 0 saturated heterocycles. The lowest BCUT2D eigenvalue weighted by molar-refractivity contribution is 0.637. The molecule has 0 bridgehead atoms. The summed E-state index contributed by atoms with van der Waals surface area (Å²) >= 11 is 11.4. The number of hydrogen-bond acceptors (Lipinski definition) is 2. The second kappa shape index (κ2) is 6.07. The number of nitrogens with zero attached hydrogens (tertiary/aromatic N) is 2. The lowest BCUT2D eigenvalue weighted by Gasteiger charge is -2.09. The third-order valence-corrected chi connectivity index (χ3v) is 5.20. The molecule has 3 aromatic rings. The van der Waals surface area contributed by atoms with Crippen LogP contribution in [-0.4, -0.2) is 9.55 Å². The van der Waals surface area contributed by atoms with Crippen molar-refractivity contribution in [1.82, 2.24) is 9.55 Å². The average Bonchev–Trinajstić information content (AvgIpc) is 3.01. The summed E-state index contributed by atoms with van der Waals surface area (Å²) in [5.41, 5.74) is 1.19. The normalized spacial score (nSPS) is 13.0. The number of alkyl halides is 1. The van der Waals surface area contributed by atoms with Crippen LogP contribution in [0.1, 0.15) is 23.0 Å². The van der Waals surface area contributed by atoms with Crippen molar-refractivity contribution in [3.63, 3.8) is 0 Å². The Morgan fingerprint density at radius 3 is 2.86 bits per heavy atom. The third kappa shape index (κ3) is 3.00. The van der Waals surface area contributed by atoms with E-state index < -0.39 is 0 Å². The van der Waals surface area contributed by atoms with Gasteiger partial charge in [-0.05, 0) is 53.5 Å². The zero-order valence-corrected chi connectivity index (χ0v) is 14.5. The molecule has 0 fully saturated rings. The first-order valence-corrected chi connectivity index (χ1v) is 8.64. The van der Waals surface area contributed by atoms with Crippen molar-refractivity contribution in [2.24, 2.45) is 0 Å². The smallest absolute Gasteiger partial charge is 0.151 e. The van der Waals surface area contributed by atoms with E-state index in [1.807, 2.05) is 23.6 Å².